The number of benzene rings is 3. The predicted octanol–water partition coefficient (Wildman–Crippen LogP) is 6.72. The van der Waals surface area contributed by atoms with E-state index in [1.54, 1.807) is 37.1 Å². The molecule has 0 aliphatic carbocycles. The summed E-state index contributed by atoms with van der Waals surface area (Å²) in [4.78, 5) is 19.0. The number of halogens is 2. The lowest BCUT2D eigenvalue weighted by molar-refractivity contribution is 0.627. The summed E-state index contributed by atoms with van der Waals surface area (Å²) < 4.78 is 20.2. The minimum absolute atomic E-state index is 0.230. The zero-order valence-corrected chi connectivity index (χ0v) is 25.4. The van der Waals surface area contributed by atoms with E-state index in [0.717, 1.165) is 22.5 Å². The summed E-state index contributed by atoms with van der Waals surface area (Å²) in [6, 6.07) is 23.5. The molecule has 0 radical (unpaired) electrons. The van der Waals surface area contributed by atoms with Gasteiger partial charge in [0.2, 0.25) is 4.80 Å². The van der Waals surface area contributed by atoms with E-state index in [1.807, 2.05) is 87.8 Å². The second-order valence-corrected chi connectivity index (χ2v) is 11.2. The maximum atomic E-state index is 13.6. The quantitative estimate of drug-likeness (QED) is 0.196. The van der Waals surface area contributed by atoms with Crippen LogP contribution >= 0.6 is 22.9 Å². The minimum atomic E-state index is -0.344. The Morgan fingerprint density at radius 2 is 1.63 bits per heavy atom. The smallest absolute Gasteiger partial charge is 0.283 e. The summed E-state index contributed by atoms with van der Waals surface area (Å²) in [6.07, 6.45) is 1.63. The number of hydrogen-bond acceptors (Lipinski definition) is 5. The van der Waals surface area contributed by atoms with Crippen molar-refractivity contribution in [2.24, 2.45) is 17.1 Å². The first-order valence-corrected chi connectivity index (χ1v) is 14.7. The number of nitrogens with zero attached hydrogens (tertiary/aromatic N) is 7. The molecule has 0 saturated heterocycles. The number of para-hydroxylation sites is 1. The minimum Gasteiger partial charge on any atom is -0.283 e. The van der Waals surface area contributed by atoms with Gasteiger partial charge < -0.3 is 0 Å². The normalized spacial score (nSPS) is 12.1. The van der Waals surface area contributed by atoms with Crippen LogP contribution in [0.15, 0.2) is 99.1 Å². The molecule has 3 heterocycles. The van der Waals surface area contributed by atoms with E-state index in [4.69, 9.17) is 21.7 Å². The summed E-state index contributed by atoms with van der Waals surface area (Å²) in [7, 11) is 1.84. The predicted molar refractivity (Wildman–Crippen MR) is 170 cm³/mol. The van der Waals surface area contributed by atoms with E-state index < -0.39 is 0 Å². The molecule has 0 fully saturated rings. The molecule has 0 saturated carbocycles. The van der Waals surface area contributed by atoms with Crippen molar-refractivity contribution in [2.45, 2.75) is 20.8 Å². The maximum Gasteiger partial charge on any atom is 0.297 e. The molecule has 0 unspecified atom stereocenters. The largest absolute Gasteiger partial charge is 0.297 e. The van der Waals surface area contributed by atoms with Crippen LogP contribution in [0.4, 0.5) is 10.1 Å². The van der Waals surface area contributed by atoms with Crippen LogP contribution in [0, 0.1) is 26.6 Å². The molecule has 216 valence electrons. The standard InChI is InChI=1S/C32H27ClFN7OS/c1-20-10-12-23(13-11-20)28-19-43-32(36-29-22(3)38(4)41(31(29)42)26-8-6-5-7-9-26)40(28)35-18-27-21(2)37-39(30(27)33)25-16-14-24(34)15-17-25/h5-19H,1-4H3. The molecule has 0 spiro atoms. The van der Waals surface area contributed by atoms with Crippen LogP contribution in [0.25, 0.3) is 22.6 Å². The van der Waals surface area contributed by atoms with E-state index in [9.17, 15) is 9.18 Å². The van der Waals surface area contributed by atoms with Crippen molar-refractivity contribution in [2.75, 3.05) is 0 Å². The Hall–Kier alpha value is -4.80. The highest BCUT2D eigenvalue weighted by atomic mass is 35.5. The Morgan fingerprint density at radius 1 is 0.930 bits per heavy atom. The van der Waals surface area contributed by atoms with Crippen LogP contribution in [0.1, 0.15) is 22.5 Å². The third kappa shape index (κ3) is 5.31. The van der Waals surface area contributed by atoms with Crippen molar-refractivity contribution in [3.63, 3.8) is 0 Å². The monoisotopic (exact) mass is 611 g/mol. The van der Waals surface area contributed by atoms with Crippen LogP contribution < -0.4 is 10.4 Å². The number of thiazole rings is 1. The van der Waals surface area contributed by atoms with Gasteiger partial charge in [0, 0.05) is 18.0 Å². The Balaban J connectivity index is 1.50. The highest BCUT2D eigenvalue weighted by molar-refractivity contribution is 7.07. The Labute approximate surface area is 255 Å². The molecule has 6 aromatic rings. The lowest BCUT2D eigenvalue weighted by Crippen LogP contribution is -2.19. The molecule has 0 amide bonds. The molecular formula is C32H27ClFN7OS. The van der Waals surface area contributed by atoms with Gasteiger partial charge in [0.1, 0.15) is 11.0 Å². The van der Waals surface area contributed by atoms with Crippen LogP contribution in [0.3, 0.4) is 0 Å². The molecule has 0 atom stereocenters. The molecule has 3 aromatic heterocycles. The van der Waals surface area contributed by atoms with Gasteiger partial charge in [0.05, 0.1) is 40.2 Å². The van der Waals surface area contributed by atoms with Crippen LogP contribution in [-0.2, 0) is 7.05 Å². The molecule has 8 nitrogen and oxygen atoms in total. The van der Waals surface area contributed by atoms with Crippen LogP contribution in [0.5, 0.6) is 0 Å². The topological polar surface area (TPSA) is 74.4 Å². The van der Waals surface area contributed by atoms with Crippen LogP contribution in [0.2, 0.25) is 5.15 Å². The lowest BCUT2D eigenvalue weighted by atomic mass is 10.1. The van der Waals surface area contributed by atoms with Crippen molar-refractivity contribution in [3.05, 3.63) is 133 Å². The van der Waals surface area contributed by atoms with Gasteiger partial charge in [0.25, 0.3) is 5.56 Å². The fourth-order valence-corrected chi connectivity index (χ4v) is 5.88. The van der Waals surface area contributed by atoms with E-state index in [0.29, 0.717) is 38.3 Å². The second-order valence-electron chi connectivity index (χ2n) is 10.0. The van der Waals surface area contributed by atoms with Crippen molar-refractivity contribution in [3.8, 4) is 22.6 Å². The number of hydrogen-bond donors (Lipinski definition) is 0. The van der Waals surface area contributed by atoms with E-state index in [-0.39, 0.29) is 11.4 Å². The highest BCUT2D eigenvalue weighted by Crippen LogP contribution is 2.25. The SMILES string of the molecule is Cc1ccc(-c2csc(=Nc3c(C)n(C)n(-c4ccccc4)c3=O)n2N=Cc2c(C)nn(-c3ccc(F)cc3)c2Cl)cc1. The molecular weight excluding hydrogens is 585 g/mol. The highest BCUT2D eigenvalue weighted by Gasteiger charge is 2.18. The Morgan fingerprint density at radius 3 is 2.33 bits per heavy atom. The zero-order valence-electron chi connectivity index (χ0n) is 23.9. The molecule has 11 heteroatoms. The number of rotatable bonds is 6. The van der Waals surface area contributed by atoms with Crippen molar-refractivity contribution >= 4 is 34.8 Å². The van der Waals surface area contributed by atoms with Crippen molar-refractivity contribution in [1.82, 2.24) is 23.8 Å². The zero-order chi connectivity index (χ0) is 30.2. The van der Waals surface area contributed by atoms with Crippen molar-refractivity contribution in [1.29, 1.82) is 0 Å². The fourth-order valence-electron chi connectivity index (χ4n) is 4.72. The van der Waals surface area contributed by atoms with Gasteiger partial charge in [0.15, 0.2) is 5.69 Å². The van der Waals surface area contributed by atoms with Gasteiger partial charge in [-0.15, -0.1) is 11.3 Å². The van der Waals surface area contributed by atoms with E-state index >= 15 is 0 Å². The molecule has 3 aromatic carbocycles. The first-order valence-electron chi connectivity index (χ1n) is 13.4. The summed E-state index contributed by atoms with van der Waals surface area (Å²) in [5.74, 6) is -0.344. The molecule has 0 aliphatic heterocycles. The van der Waals surface area contributed by atoms with Gasteiger partial charge >= 0.3 is 0 Å². The van der Waals surface area contributed by atoms with Gasteiger partial charge in [-0.3, -0.25) is 9.48 Å². The molecule has 0 N–H and O–H groups in total. The molecule has 0 bridgehead atoms. The third-order valence-corrected chi connectivity index (χ3v) is 8.37. The Bertz CT molecular complexity index is 2100. The average Bonchev–Trinajstić information content (AvgIpc) is 3.60. The maximum absolute atomic E-state index is 13.6. The fraction of sp³-hybridized carbons (Fsp3) is 0.125. The van der Waals surface area contributed by atoms with Gasteiger partial charge in [-0.1, -0.05) is 59.6 Å². The van der Waals surface area contributed by atoms with E-state index in [1.165, 1.54) is 23.5 Å². The second kappa shape index (κ2) is 11.5. The summed E-state index contributed by atoms with van der Waals surface area (Å²) in [5, 5.41) is 11.7. The number of aromatic nitrogens is 5. The molecule has 43 heavy (non-hydrogen) atoms. The molecule has 0 aliphatic rings. The summed E-state index contributed by atoms with van der Waals surface area (Å²) >= 11 is 8.13. The van der Waals surface area contributed by atoms with Gasteiger partial charge in [-0.05, 0) is 57.2 Å². The van der Waals surface area contributed by atoms with E-state index in [2.05, 4.69) is 5.10 Å². The third-order valence-electron chi connectivity index (χ3n) is 7.19. The van der Waals surface area contributed by atoms with Crippen molar-refractivity contribution < 1.29 is 4.39 Å². The first-order chi connectivity index (χ1) is 20.7. The van der Waals surface area contributed by atoms with Gasteiger partial charge in [-0.25, -0.2) is 23.4 Å². The molecule has 6 rings (SSSR count). The first kappa shape index (κ1) is 28.3. The summed E-state index contributed by atoms with van der Waals surface area (Å²) in [6.45, 7) is 5.73. The Kier molecular flexibility index (Phi) is 7.55. The van der Waals surface area contributed by atoms with Crippen LogP contribution in [-0.4, -0.2) is 30.0 Å². The summed E-state index contributed by atoms with van der Waals surface area (Å²) in [5.41, 5.74) is 6.32. The van der Waals surface area contributed by atoms with Gasteiger partial charge in [-0.2, -0.15) is 10.2 Å². The average molecular weight is 612 g/mol. The lowest BCUT2D eigenvalue weighted by Gasteiger charge is -2.07. The number of aryl methyl sites for hydroxylation is 2.